The van der Waals surface area contributed by atoms with E-state index in [0.29, 0.717) is 11.5 Å². The number of thiazole rings is 1. The maximum atomic E-state index is 12.9. The molecule has 1 aliphatic heterocycles. The van der Waals surface area contributed by atoms with Gasteiger partial charge in [-0.05, 0) is 42.0 Å². The maximum absolute atomic E-state index is 12.9. The second-order valence-corrected chi connectivity index (χ2v) is 7.35. The van der Waals surface area contributed by atoms with E-state index in [1.165, 1.54) is 21.8 Å². The minimum atomic E-state index is 0.0164. The van der Waals surface area contributed by atoms with E-state index in [4.69, 9.17) is 4.42 Å². The summed E-state index contributed by atoms with van der Waals surface area (Å²) in [6, 6.07) is 6.00. The zero-order valence-corrected chi connectivity index (χ0v) is 14.3. The van der Waals surface area contributed by atoms with E-state index in [-0.39, 0.29) is 11.9 Å². The van der Waals surface area contributed by atoms with E-state index < -0.39 is 0 Å². The van der Waals surface area contributed by atoms with Crippen LogP contribution < -0.4 is 0 Å². The molecule has 4 heterocycles. The Kier molecular flexibility index (Phi) is 3.79. The fourth-order valence-corrected chi connectivity index (χ4v) is 4.80. The van der Waals surface area contributed by atoms with E-state index in [0.717, 1.165) is 24.4 Å². The molecule has 0 N–H and O–H groups in total. The van der Waals surface area contributed by atoms with Gasteiger partial charge >= 0.3 is 0 Å². The number of carbonyl (C=O) groups excluding carboxylic acids is 1. The largest absolute Gasteiger partial charge is 0.462 e. The van der Waals surface area contributed by atoms with Crippen molar-refractivity contribution in [3.63, 3.8) is 0 Å². The van der Waals surface area contributed by atoms with Gasteiger partial charge in [0.2, 0.25) is 0 Å². The van der Waals surface area contributed by atoms with Crippen molar-refractivity contribution in [2.75, 3.05) is 6.54 Å². The van der Waals surface area contributed by atoms with Gasteiger partial charge in [-0.3, -0.25) is 4.79 Å². The zero-order valence-electron chi connectivity index (χ0n) is 12.7. The van der Waals surface area contributed by atoms with Gasteiger partial charge in [-0.2, -0.15) is 0 Å². The molecule has 0 bridgehead atoms. The monoisotopic (exact) mass is 344 g/mol. The SMILES string of the molecule is CCC1c2ccsc2CCN1C(=O)c1csc(-c2ccco2)n1. The number of hydrogen-bond donors (Lipinski definition) is 0. The predicted octanol–water partition coefficient (Wildman–Crippen LogP) is 4.61. The van der Waals surface area contributed by atoms with Gasteiger partial charge in [0, 0.05) is 16.8 Å². The Morgan fingerprint density at radius 1 is 1.43 bits per heavy atom. The Labute approximate surface area is 142 Å². The van der Waals surface area contributed by atoms with Crippen LogP contribution in [0.15, 0.2) is 39.6 Å². The third kappa shape index (κ3) is 2.52. The summed E-state index contributed by atoms with van der Waals surface area (Å²) in [5.41, 5.74) is 1.82. The minimum Gasteiger partial charge on any atom is -0.462 e. The van der Waals surface area contributed by atoms with Gasteiger partial charge in [0.25, 0.3) is 5.91 Å². The normalized spacial score (nSPS) is 17.3. The molecule has 1 aliphatic rings. The Bertz CT molecular complexity index is 819. The molecule has 0 spiro atoms. The first-order chi connectivity index (χ1) is 11.3. The van der Waals surface area contributed by atoms with Crippen molar-refractivity contribution >= 4 is 28.6 Å². The van der Waals surface area contributed by atoms with Crippen LogP contribution >= 0.6 is 22.7 Å². The molecular weight excluding hydrogens is 328 g/mol. The van der Waals surface area contributed by atoms with E-state index in [1.54, 1.807) is 17.6 Å². The highest BCUT2D eigenvalue weighted by atomic mass is 32.1. The lowest BCUT2D eigenvalue weighted by Crippen LogP contribution is -2.39. The Hall–Kier alpha value is -1.92. The molecule has 1 amide bonds. The Morgan fingerprint density at radius 2 is 2.35 bits per heavy atom. The number of carbonyl (C=O) groups is 1. The van der Waals surface area contributed by atoms with Crippen molar-refractivity contribution < 1.29 is 9.21 Å². The van der Waals surface area contributed by atoms with E-state index in [1.807, 2.05) is 22.4 Å². The lowest BCUT2D eigenvalue weighted by atomic mass is 9.97. The molecule has 23 heavy (non-hydrogen) atoms. The number of amides is 1. The van der Waals surface area contributed by atoms with Gasteiger partial charge in [0.15, 0.2) is 10.8 Å². The predicted molar refractivity (Wildman–Crippen MR) is 91.9 cm³/mol. The highest BCUT2D eigenvalue weighted by Crippen LogP contribution is 2.36. The van der Waals surface area contributed by atoms with Crippen LogP contribution in [0.3, 0.4) is 0 Å². The van der Waals surface area contributed by atoms with Crippen LogP contribution in [0.4, 0.5) is 0 Å². The highest BCUT2D eigenvalue weighted by Gasteiger charge is 2.32. The molecule has 0 aliphatic carbocycles. The summed E-state index contributed by atoms with van der Waals surface area (Å²) >= 11 is 3.24. The Morgan fingerprint density at radius 3 is 3.13 bits per heavy atom. The molecule has 3 aromatic heterocycles. The summed E-state index contributed by atoms with van der Waals surface area (Å²) in [6.45, 7) is 2.89. The van der Waals surface area contributed by atoms with Crippen molar-refractivity contribution in [1.29, 1.82) is 0 Å². The fourth-order valence-electron chi connectivity index (χ4n) is 3.11. The van der Waals surface area contributed by atoms with Crippen molar-refractivity contribution in [2.45, 2.75) is 25.8 Å². The van der Waals surface area contributed by atoms with Gasteiger partial charge in [-0.1, -0.05) is 6.92 Å². The molecular formula is C17H16N2O2S2. The standard InChI is InChI=1S/C17H16N2O2S2/c1-2-13-11-6-9-22-15(11)5-7-19(13)17(20)12-10-23-16(18-12)14-4-3-8-21-14/h3-4,6,8-10,13H,2,5,7H2,1H3. The molecule has 4 rings (SSSR count). The van der Waals surface area contributed by atoms with Crippen molar-refractivity contribution in [1.82, 2.24) is 9.88 Å². The van der Waals surface area contributed by atoms with Crippen molar-refractivity contribution in [3.8, 4) is 10.8 Å². The summed E-state index contributed by atoms with van der Waals surface area (Å²) in [7, 11) is 0. The van der Waals surface area contributed by atoms with E-state index >= 15 is 0 Å². The van der Waals surface area contributed by atoms with Crippen molar-refractivity contribution in [2.24, 2.45) is 0 Å². The minimum absolute atomic E-state index is 0.0164. The molecule has 0 saturated heterocycles. The molecule has 118 valence electrons. The topological polar surface area (TPSA) is 46.3 Å². The molecule has 1 atom stereocenters. The van der Waals surface area contributed by atoms with Crippen molar-refractivity contribution in [3.05, 3.63) is 51.4 Å². The summed E-state index contributed by atoms with van der Waals surface area (Å²) < 4.78 is 5.36. The second-order valence-electron chi connectivity index (χ2n) is 5.49. The number of hydrogen-bond acceptors (Lipinski definition) is 5. The number of fused-ring (bicyclic) bond motifs is 1. The number of furan rings is 1. The van der Waals surface area contributed by atoms with Crippen LogP contribution in [-0.2, 0) is 6.42 Å². The smallest absolute Gasteiger partial charge is 0.273 e. The number of aromatic nitrogens is 1. The van der Waals surface area contributed by atoms with Crippen LogP contribution in [0.1, 0.15) is 40.3 Å². The first-order valence-corrected chi connectivity index (χ1v) is 9.40. The molecule has 0 fully saturated rings. The quantitative estimate of drug-likeness (QED) is 0.697. The number of nitrogens with zero attached hydrogens (tertiary/aromatic N) is 2. The lowest BCUT2D eigenvalue weighted by Gasteiger charge is -2.35. The first-order valence-electron chi connectivity index (χ1n) is 7.64. The van der Waals surface area contributed by atoms with E-state index in [2.05, 4.69) is 23.4 Å². The van der Waals surface area contributed by atoms with Gasteiger partial charge in [-0.25, -0.2) is 4.98 Å². The summed E-state index contributed by atoms with van der Waals surface area (Å²) in [6.07, 6.45) is 3.48. The van der Waals surface area contributed by atoms with Crippen LogP contribution in [0, 0.1) is 0 Å². The summed E-state index contributed by atoms with van der Waals surface area (Å²) in [5, 5.41) is 4.70. The highest BCUT2D eigenvalue weighted by molar-refractivity contribution is 7.13. The molecule has 4 nitrogen and oxygen atoms in total. The molecule has 0 radical (unpaired) electrons. The molecule has 3 aromatic rings. The molecule has 6 heteroatoms. The molecule has 0 saturated carbocycles. The maximum Gasteiger partial charge on any atom is 0.273 e. The van der Waals surface area contributed by atoms with Crippen LogP contribution in [0.5, 0.6) is 0 Å². The van der Waals surface area contributed by atoms with Gasteiger partial charge in [0.1, 0.15) is 5.69 Å². The second kappa shape index (κ2) is 5.94. The lowest BCUT2D eigenvalue weighted by molar-refractivity contribution is 0.0652. The molecule has 1 unspecified atom stereocenters. The average molecular weight is 344 g/mol. The Balaban J connectivity index is 1.62. The van der Waals surface area contributed by atoms with Gasteiger partial charge in [-0.15, -0.1) is 22.7 Å². The summed E-state index contributed by atoms with van der Waals surface area (Å²) in [4.78, 5) is 20.8. The zero-order chi connectivity index (χ0) is 15.8. The average Bonchev–Trinajstić information content (AvgIpc) is 3.32. The number of rotatable bonds is 3. The molecule has 0 aromatic carbocycles. The first kappa shape index (κ1) is 14.7. The number of thiophene rings is 1. The van der Waals surface area contributed by atoms with E-state index in [9.17, 15) is 4.79 Å². The third-order valence-corrected chi connectivity index (χ3v) is 6.05. The van der Waals surface area contributed by atoms with Crippen LogP contribution in [-0.4, -0.2) is 22.3 Å². The van der Waals surface area contributed by atoms with Gasteiger partial charge < -0.3 is 9.32 Å². The van der Waals surface area contributed by atoms with Crippen LogP contribution in [0.2, 0.25) is 0 Å². The van der Waals surface area contributed by atoms with Crippen LogP contribution in [0.25, 0.3) is 10.8 Å². The van der Waals surface area contributed by atoms with Gasteiger partial charge in [0.05, 0.1) is 12.3 Å². The third-order valence-electron chi connectivity index (χ3n) is 4.20. The fraction of sp³-hybridized carbons (Fsp3) is 0.294. The summed E-state index contributed by atoms with van der Waals surface area (Å²) in [5.74, 6) is 0.725.